The second-order valence-corrected chi connectivity index (χ2v) is 13.7. The van der Waals surface area contributed by atoms with Gasteiger partial charge in [-0.1, -0.05) is 18.2 Å². The SMILES string of the molecule is O=S1(=O)C[C@H](N2CCN(c3ccccc3F)CC2)[C@@H](S(=O)(=O)c2ccc3c(c2)CCCC3)C1. The second kappa shape index (κ2) is 8.67. The molecule has 33 heavy (non-hydrogen) atoms. The first-order chi connectivity index (χ1) is 15.7. The molecule has 0 spiro atoms. The van der Waals surface area contributed by atoms with Crippen LogP contribution in [0, 0.1) is 5.82 Å². The molecule has 178 valence electrons. The lowest BCUT2D eigenvalue weighted by Crippen LogP contribution is -2.55. The van der Waals surface area contributed by atoms with Gasteiger partial charge < -0.3 is 4.90 Å². The van der Waals surface area contributed by atoms with Crippen LogP contribution in [0.3, 0.4) is 0 Å². The lowest BCUT2D eigenvalue weighted by Gasteiger charge is -2.40. The molecular weight excluding hydrogens is 463 g/mol. The Kier molecular flexibility index (Phi) is 5.99. The molecule has 0 unspecified atom stereocenters. The maximum atomic E-state index is 14.2. The van der Waals surface area contributed by atoms with Crippen molar-refractivity contribution in [3.05, 3.63) is 59.4 Å². The van der Waals surface area contributed by atoms with Crippen LogP contribution in [-0.2, 0) is 32.5 Å². The van der Waals surface area contributed by atoms with Crippen LogP contribution in [0.5, 0.6) is 0 Å². The molecule has 0 saturated carbocycles. The van der Waals surface area contributed by atoms with Gasteiger partial charge in [-0.15, -0.1) is 0 Å². The topological polar surface area (TPSA) is 74.8 Å². The number of sulfone groups is 2. The molecule has 2 aromatic rings. The van der Waals surface area contributed by atoms with Crippen molar-refractivity contribution in [2.24, 2.45) is 0 Å². The van der Waals surface area contributed by atoms with Crippen LogP contribution in [0.2, 0.25) is 0 Å². The van der Waals surface area contributed by atoms with Gasteiger partial charge in [0.25, 0.3) is 0 Å². The Morgan fingerprint density at radius 2 is 1.58 bits per heavy atom. The minimum absolute atomic E-state index is 0.151. The lowest BCUT2D eigenvalue weighted by molar-refractivity contribution is 0.201. The zero-order chi connectivity index (χ0) is 23.2. The monoisotopic (exact) mass is 492 g/mol. The van der Waals surface area contributed by atoms with Gasteiger partial charge in [-0.25, -0.2) is 21.2 Å². The molecule has 0 N–H and O–H groups in total. The number of benzene rings is 2. The number of halogens is 1. The Morgan fingerprint density at radius 1 is 0.879 bits per heavy atom. The normalized spacial score (nSPS) is 25.7. The number of fused-ring (bicyclic) bond motifs is 1. The fourth-order valence-corrected chi connectivity index (χ4v) is 10.4. The van der Waals surface area contributed by atoms with E-state index in [-0.39, 0.29) is 22.2 Å². The fourth-order valence-electron chi connectivity index (χ4n) is 5.50. The molecule has 6 nitrogen and oxygen atoms in total. The molecule has 2 fully saturated rings. The Balaban J connectivity index is 1.38. The summed E-state index contributed by atoms with van der Waals surface area (Å²) in [6.45, 7) is 2.02. The summed E-state index contributed by atoms with van der Waals surface area (Å²) in [5, 5.41) is -0.982. The first-order valence-electron chi connectivity index (χ1n) is 11.5. The minimum atomic E-state index is -3.81. The van der Waals surface area contributed by atoms with Crippen LogP contribution < -0.4 is 4.90 Å². The number of para-hydroxylation sites is 1. The standard InChI is InChI=1S/C24H29FN2O4S2/c25-21-7-3-4-8-22(21)26-11-13-27(14-12-26)23-16-32(28,29)17-24(23)33(30,31)20-10-9-18-5-1-2-6-19(18)15-20/h3-4,7-10,15,23-24H,1-2,5-6,11-14,16-17H2/t23-,24-/m0/s1. The van der Waals surface area contributed by atoms with Crippen LogP contribution >= 0.6 is 0 Å². The predicted molar refractivity (Wildman–Crippen MR) is 127 cm³/mol. The van der Waals surface area contributed by atoms with E-state index in [9.17, 15) is 21.2 Å². The maximum Gasteiger partial charge on any atom is 0.183 e. The van der Waals surface area contributed by atoms with Crippen LogP contribution in [-0.4, -0.2) is 70.7 Å². The highest BCUT2D eigenvalue weighted by Gasteiger charge is 2.48. The summed E-state index contributed by atoms with van der Waals surface area (Å²) in [5.41, 5.74) is 2.78. The van der Waals surface area contributed by atoms with Crippen molar-refractivity contribution in [2.45, 2.75) is 41.9 Å². The van der Waals surface area contributed by atoms with Crippen molar-refractivity contribution in [1.82, 2.24) is 4.90 Å². The quantitative estimate of drug-likeness (QED) is 0.653. The van der Waals surface area contributed by atoms with Gasteiger partial charge in [0, 0.05) is 32.2 Å². The number of hydrogen-bond donors (Lipinski definition) is 0. The molecule has 2 heterocycles. The molecule has 0 radical (unpaired) electrons. The third kappa shape index (κ3) is 4.42. The number of hydrogen-bond acceptors (Lipinski definition) is 6. The van der Waals surface area contributed by atoms with Gasteiger partial charge >= 0.3 is 0 Å². The van der Waals surface area contributed by atoms with E-state index in [0.29, 0.717) is 31.9 Å². The van der Waals surface area contributed by atoms with Gasteiger partial charge in [0.05, 0.1) is 27.3 Å². The van der Waals surface area contributed by atoms with Crippen molar-refractivity contribution in [3.63, 3.8) is 0 Å². The zero-order valence-corrected chi connectivity index (χ0v) is 20.1. The van der Waals surface area contributed by atoms with E-state index in [0.717, 1.165) is 31.2 Å². The molecule has 2 saturated heterocycles. The van der Waals surface area contributed by atoms with Crippen LogP contribution in [0.25, 0.3) is 0 Å². The maximum absolute atomic E-state index is 14.2. The van der Waals surface area contributed by atoms with Gasteiger partial charge in [0.2, 0.25) is 0 Å². The van der Waals surface area contributed by atoms with E-state index < -0.39 is 31.0 Å². The number of nitrogens with zero attached hydrogens (tertiary/aromatic N) is 2. The van der Waals surface area contributed by atoms with Gasteiger partial charge in [-0.05, 0) is 61.1 Å². The summed E-state index contributed by atoms with van der Waals surface area (Å²) in [7, 11) is -7.28. The summed E-state index contributed by atoms with van der Waals surface area (Å²) in [6, 6.07) is 11.3. The molecule has 2 aliphatic heterocycles. The first kappa shape index (κ1) is 22.8. The average molecular weight is 493 g/mol. The molecule has 3 aliphatic rings. The van der Waals surface area contributed by atoms with Crippen LogP contribution in [0.4, 0.5) is 10.1 Å². The van der Waals surface area contributed by atoms with E-state index in [2.05, 4.69) is 0 Å². The van der Waals surface area contributed by atoms with Crippen molar-refractivity contribution >= 4 is 25.4 Å². The van der Waals surface area contributed by atoms with Gasteiger partial charge in [-0.2, -0.15) is 0 Å². The van der Waals surface area contributed by atoms with E-state index in [4.69, 9.17) is 0 Å². The molecule has 1 aliphatic carbocycles. The fraction of sp³-hybridized carbons (Fsp3) is 0.500. The highest BCUT2D eigenvalue weighted by atomic mass is 32.2. The molecule has 0 bridgehead atoms. The average Bonchev–Trinajstić information content (AvgIpc) is 3.15. The summed E-state index contributed by atoms with van der Waals surface area (Å²) in [4.78, 5) is 4.14. The van der Waals surface area contributed by atoms with E-state index >= 15 is 0 Å². The van der Waals surface area contributed by atoms with E-state index in [1.807, 2.05) is 15.9 Å². The minimum Gasteiger partial charge on any atom is -0.367 e. The Hall–Kier alpha value is -1.97. The van der Waals surface area contributed by atoms with Crippen molar-refractivity contribution in [2.75, 3.05) is 42.6 Å². The lowest BCUT2D eigenvalue weighted by atomic mass is 9.92. The van der Waals surface area contributed by atoms with Crippen LogP contribution in [0.15, 0.2) is 47.4 Å². The first-order valence-corrected chi connectivity index (χ1v) is 14.9. The number of anilines is 1. The summed E-state index contributed by atoms with van der Waals surface area (Å²) in [6.07, 6.45) is 3.98. The summed E-state index contributed by atoms with van der Waals surface area (Å²) < 4.78 is 66.6. The van der Waals surface area contributed by atoms with Gasteiger partial charge in [-0.3, -0.25) is 4.90 Å². The smallest absolute Gasteiger partial charge is 0.183 e. The van der Waals surface area contributed by atoms with E-state index in [1.165, 1.54) is 11.6 Å². The van der Waals surface area contributed by atoms with Crippen molar-refractivity contribution in [3.8, 4) is 0 Å². The molecular formula is C24H29FN2O4S2. The zero-order valence-electron chi connectivity index (χ0n) is 18.5. The Labute approximate surface area is 195 Å². The van der Waals surface area contributed by atoms with Crippen molar-refractivity contribution < 1.29 is 21.2 Å². The highest BCUT2D eigenvalue weighted by Crippen LogP contribution is 2.32. The van der Waals surface area contributed by atoms with E-state index in [1.54, 1.807) is 30.3 Å². The molecule has 0 aromatic heterocycles. The van der Waals surface area contributed by atoms with Crippen molar-refractivity contribution in [1.29, 1.82) is 0 Å². The summed E-state index contributed by atoms with van der Waals surface area (Å²) >= 11 is 0. The number of rotatable bonds is 4. The predicted octanol–water partition coefficient (Wildman–Crippen LogP) is 2.47. The third-order valence-corrected chi connectivity index (χ3v) is 11.4. The molecule has 2 aromatic carbocycles. The Morgan fingerprint density at radius 3 is 2.30 bits per heavy atom. The highest BCUT2D eigenvalue weighted by molar-refractivity contribution is 7.96. The second-order valence-electron chi connectivity index (χ2n) is 9.34. The molecule has 0 amide bonds. The van der Waals surface area contributed by atoms with Crippen LogP contribution in [0.1, 0.15) is 24.0 Å². The van der Waals surface area contributed by atoms with Gasteiger partial charge in [0.15, 0.2) is 19.7 Å². The largest absolute Gasteiger partial charge is 0.367 e. The number of aryl methyl sites for hydroxylation is 2. The molecule has 5 rings (SSSR count). The molecule has 9 heteroatoms. The number of piperazine rings is 1. The molecule has 2 atom stereocenters. The van der Waals surface area contributed by atoms with Gasteiger partial charge in [0.1, 0.15) is 5.82 Å². The third-order valence-electron chi connectivity index (χ3n) is 7.30. The summed E-state index contributed by atoms with van der Waals surface area (Å²) in [5.74, 6) is -0.783. The Bertz CT molecular complexity index is 1250.